The van der Waals surface area contributed by atoms with Crippen molar-refractivity contribution in [3.8, 4) is 0 Å². The van der Waals surface area contributed by atoms with Crippen molar-refractivity contribution >= 4 is 23.0 Å². The number of hydrogen-bond donors (Lipinski definition) is 3. The summed E-state index contributed by atoms with van der Waals surface area (Å²) in [5.74, 6) is 0.0539. The second-order valence-corrected chi connectivity index (χ2v) is 5.62. The smallest absolute Gasteiger partial charge is 0.229 e. The number of carbonyl (C=O) groups excluding carboxylic acids is 1. The molecule has 6 nitrogen and oxygen atoms in total. The number of benzene rings is 2. The Morgan fingerprint density at radius 1 is 1.23 bits per heavy atom. The lowest BCUT2D eigenvalue weighted by atomic mass is 9.97. The van der Waals surface area contributed by atoms with Gasteiger partial charge in [0.2, 0.25) is 5.91 Å². The first-order chi connectivity index (χ1) is 10.6. The molecule has 2 aromatic rings. The van der Waals surface area contributed by atoms with E-state index in [0.717, 1.165) is 11.3 Å². The van der Waals surface area contributed by atoms with Crippen LogP contribution in [0.1, 0.15) is 18.4 Å². The van der Waals surface area contributed by atoms with Crippen molar-refractivity contribution in [3.63, 3.8) is 0 Å². The zero-order chi connectivity index (χ0) is 15.3. The van der Waals surface area contributed by atoms with Crippen molar-refractivity contribution in [1.29, 1.82) is 0 Å². The lowest BCUT2D eigenvalue weighted by molar-refractivity contribution is -0.991. The largest absolute Gasteiger partial charge is 0.595 e. The second kappa shape index (κ2) is 4.54. The molecule has 0 spiro atoms. The molecular formula is C16H15N3O3. The fraction of sp³-hybridized carbons (Fsp3) is 0.188. The van der Waals surface area contributed by atoms with Gasteiger partial charge in [0.05, 0.1) is 11.4 Å². The first kappa shape index (κ1) is 13.3. The summed E-state index contributed by atoms with van der Waals surface area (Å²) in [6.07, 6.45) is 1.13. The van der Waals surface area contributed by atoms with Crippen LogP contribution in [0, 0.1) is 5.21 Å². The number of carbonyl (C=O) groups is 1. The highest BCUT2D eigenvalue weighted by Crippen LogP contribution is 2.51. The van der Waals surface area contributed by atoms with E-state index in [4.69, 9.17) is 5.21 Å². The van der Waals surface area contributed by atoms with Crippen LogP contribution in [0.2, 0.25) is 0 Å². The van der Waals surface area contributed by atoms with E-state index >= 15 is 0 Å². The molecule has 1 amide bonds. The first-order valence-corrected chi connectivity index (χ1v) is 7.16. The fourth-order valence-corrected chi connectivity index (χ4v) is 3.43. The van der Waals surface area contributed by atoms with Crippen LogP contribution in [0.4, 0.5) is 17.1 Å². The molecule has 2 aromatic carbocycles. The molecule has 2 atom stereocenters. The van der Waals surface area contributed by atoms with Gasteiger partial charge in [0.1, 0.15) is 5.66 Å². The highest BCUT2D eigenvalue weighted by atomic mass is 16.8. The summed E-state index contributed by atoms with van der Waals surface area (Å²) < 4.78 is 0. The normalized spacial score (nSPS) is 23.9. The number of anilines is 2. The quantitative estimate of drug-likeness (QED) is 0.734. The first-order valence-electron chi connectivity index (χ1n) is 7.16. The Morgan fingerprint density at radius 2 is 2.00 bits per heavy atom. The van der Waals surface area contributed by atoms with Crippen LogP contribution < -0.4 is 15.4 Å². The topological polar surface area (TPSA) is 80.1 Å². The van der Waals surface area contributed by atoms with Crippen LogP contribution in [-0.4, -0.2) is 11.1 Å². The van der Waals surface area contributed by atoms with Crippen LogP contribution in [0.25, 0.3) is 0 Å². The molecule has 0 aromatic heterocycles. The lowest BCUT2D eigenvalue weighted by Gasteiger charge is -2.32. The maximum Gasteiger partial charge on any atom is 0.229 e. The molecule has 2 aliphatic heterocycles. The van der Waals surface area contributed by atoms with Crippen molar-refractivity contribution in [2.45, 2.75) is 18.5 Å². The maximum atomic E-state index is 12.4. The molecule has 2 aliphatic rings. The molecule has 0 bridgehead atoms. The van der Waals surface area contributed by atoms with Gasteiger partial charge in [-0.15, -0.1) is 0 Å². The van der Waals surface area contributed by atoms with E-state index in [2.05, 4.69) is 5.32 Å². The third kappa shape index (κ3) is 1.69. The van der Waals surface area contributed by atoms with Gasteiger partial charge in [-0.25, -0.2) is 5.21 Å². The Morgan fingerprint density at radius 3 is 2.73 bits per heavy atom. The number of amides is 1. The average molecular weight is 297 g/mol. The second-order valence-electron chi connectivity index (χ2n) is 5.62. The maximum absolute atomic E-state index is 12.4. The van der Waals surface area contributed by atoms with E-state index in [1.807, 2.05) is 30.3 Å². The number of nitrogens with zero attached hydrogens (tertiary/aromatic N) is 1. The van der Waals surface area contributed by atoms with Crippen LogP contribution >= 0.6 is 0 Å². The molecule has 0 saturated carbocycles. The molecule has 1 saturated heterocycles. The van der Waals surface area contributed by atoms with E-state index in [1.165, 1.54) is 6.07 Å². The minimum Gasteiger partial charge on any atom is -0.595 e. The zero-order valence-electron chi connectivity index (χ0n) is 11.7. The van der Waals surface area contributed by atoms with Gasteiger partial charge in [-0.2, -0.15) is 5.23 Å². The summed E-state index contributed by atoms with van der Waals surface area (Å²) in [6, 6.07) is 14.6. The molecule has 6 heteroatoms. The zero-order valence-corrected chi connectivity index (χ0v) is 11.7. The predicted molar refractivity (Wildman–Crippen MR) is 80.7 cm³/mol. The molecule has 22 heavy (non-hydrogen) atoms. The summed E-state index contributed by atoms with van der Waals surface area (Å²) in [6.45, 7) is 0. The van der Waals surface area contributed by atoms with Gasteiger partial charge in [0.25, 0.3) is 0 Å². The van der Waals surface area contributed by atoms with E-state index < -0.39 is 10.9 Å². The predicted octanol–water partition coefficient (Wildman–Crippen LogP) is 1.50. The van der Waals surface area contributed by atoms with E-state index in [-0.39, 0.29) is 11.6 Å². The van der Waals surface area contributed by atoms with Gasteiger partial charge in [-0.05, 0) is 11.6 Å². The molecule has 112 valence electrons. The van der Waals surface area contributed by atoms with Crippen molar-refractivity contribution in [3.05, 3.63) is 59.3 Å². The Kier molecular flexibility index (Phi) is 2.74. The third-order valence-electron chi connectivity index (χ3n) is 4.41. The summed E-state index contributed by atoms with van der Waals surface area (Å²) in [7, 11) is 0. The van der Waals surface area contributed by atoms with E-state index in [9.17, 15) is 10.0 Å². The summed E-state index contributed by atoms with van der Waals surface area (Å²) in [5, 5.41) is 22.7. The Labute approximate surface area is 127 Å². The molecule has 2 heterocycles. The highest BCUT2D eigenvalue weighted by molar-refractivity contribution is 6.04. The molecular weight excluding hydrogens is 282 g/mol. The van der Waals surface area contributed by atoms with E-state index in [0.29, 0.717) is 18.5 Å². The van der Waals surface area contributed by atoms with Crippen molar-refractivity contribution in [1.82, 2.24) is 0 Å². The molecule has 0 radical (unpaired) electrons. The van der Waals surface area contributed by atoms with Gasteiger partial charge in [-0.1, -0.05) is 30.3 Å². The van der Waals surface area contributed by atoms with Gasteiger partial charge >= 0.3 is 0 Å². The van der Waals surface area contributed by atoms with Crippen molar-refractivity contribution in [2.24, 2.45) is 0 Å². The number of fused-ring (bicyclic) bond motifs is 3. The average Bonchev–Trinajstić information content (AvgIpc) is 3.03. The summed E-state index contributed by atoms with van der Waals surface area (Å²) >= 11 is 0. The van der Waals surface area contributed by atoms with Crippen LogP contribution in [0.5, 0.6) is 0 Å². The standard InChI is InChI=1S/C16H15N3O3/c20-15-8-9-16(11-4-2-1-3-5-11)17-13-10-12(19(21)22)6-7-14(13)18(15)16/h1-7,10,17,19,21H,8-9H2. The number of hydrogen-bond acceptors (Lipinski definition) is 4. The number of nitrogens with one attached hydrogen (secondary N) is 2. The molecule has 0 aliphatic carbocycles. The lowest BCUT2D eigenvalue weighted by Crippen LogP contribution is -2.99. The minimum atomic E-state index is -0.975. The molecule has 3 N–H and O–H groups in total. The van der Waals surface area contributed by atoms with E-state index in [1.54, 1.807) is 17.0 Å². The summed E-state index contributed by atoms with van der Waals surface area (Å²) in [5.41, 5.74) is 2.06. The molecule has 2 unspecified atom stereocenters. The number of quaternary nitrogens is 1. The Hall–Kier alpha value is -2.41. The number of rotatable bonds is 2. The highest BCUT2D eigenvalue weighted by Gasteiger charge is 2.52. The SMILES string of the molecule is O=C1CCC2(c3ccccc3)Nc3cc([NH+]([O-])O)ccc3N12. The van der Waals surface area contributed by atoms with Gasteiger partial charge < -0.3 is 10.5 Å². The van der Waals surface area contributed by atoms with Crippen LogP contribution in [-0.2, 0) is 10.5 Å². The summed E-state index contributed by atoms with van der Waals surface area (Å²) in [4.78, 5) is 14.2. The Bertz CT molecular complexity index is 748. The molecule has 4 rings (SSSR count). The minimum absolute atomic E-state index is 0.0539. The Balaban J connectivity index is 1.86. The monoisotopic (exact) mass is 297 g/mol. The third-order valence-corrected chi connectivity index (χ3v) is 4.41. The van der Waals surface area contributed by atoms with Gasteiger partial charge in [-0.3, -0.25) is 9.69 Å². The van der Waals surface area contributed by atoms with Crippen molar-refractivity contribution < 1.29 is 15.2 Å². The van der Waals surface area contributed by atoms with Crippen molar-refractivity contribution in [2.75, 3.05) is 10.2 Å². The van der Waals surface area contributed by atoms with Crippen LogP contribution in [0.15, 0.2) is 48.5 Å². The van der Waals surface area contributed by atoms with Gasteiger partial charge in [0.15, 0.2) is 5.69 Å². The van der Waals surface area contributed by atoms with Crippen LogP contribution in [0.3, 0.4) is 0 Å². The fourth-order valence-electron chi connectivity index (χ4n) is 3.43. The van der Waals surface area contributed by atoms with Gasteiger partial charge in [0, 0.05) is 25.0 Å². The molecule has 1 fully saturated rings.